The van der Waals surface area contributed by atoms with Gasteiger partial charge in [0.05, 0.1) is 28.8 Å². The Bertz CT molecular complexity index is 1530. The molecule has 0 aliphatic heterocycles. The first-order chi connectivity index (χ1) is 15.3. The van der Waals surface area contributed by atoms with Crippen LogP contribution < -0.4 is 4.74 Å². The molecule has 0 saturated carbocycles. The zero-order valence-corrected chi connectivity index (χ0v) is 18.0. The predicted molar refractivity (Wildman–Crippen MR) is 125 cm³/mol. The zero-order chi connectivity index (χ0) is 20.8. The molecule has 0 bridgehead atoms. The van der Waals surface area contributed by atoms with Crippen LogP contribution in [0.15, 0.2) is 72.1 Å². The Hall–Kier alpha value is -3.62. The van der Waals surface area contributed by atoms with Gasteiger partial charge in [0.2, 0.25) is 4.96 Å². The second kappa shape index (κ2) is 7.26. The quantitative estimate of drug-likeness (QED) is 0.346. The molecule has 0 amide bonds. The third-order valence-electron chi connectivity index (χ3n) is 5.06. The topological polar surface area (TPSA) is 65.2 Å². The maximum atomic E-state index is 5.51. The summed E-state index contributed by atoms with van der Waals surface area (Å²) >= 11 is 3.19. The van der Waals surface area contributed by atoms with Crippen LogP contribution in [0.2, 0.25) is 0 Å². The molecule has 0 fully saturated rings. The zero-order valence-electron chi connectivity index (χ0n) is 16.4. The summed E-state index contributed by atoms with van der Waals surface area (Å²) in [7, 11) is 1.65. The number of para-hydroxylation sites is 2. The summed E-state index contributed by atoms with van der Waals surface area (Å²) < 4.78 is 7.30. The lowest BCUT2D eigenvalue weighted by atomic mass is 10.1. The van der Waals surface area contributed by atoms with Gasteiger partial charge in [-0.15, -0.1) is 21.5 Å². The van der Waals surface area contributed by atoms with Crippen LogP contribution in [0.25, 0.3) is 48.4 Å². The van der Waals surface area contributed by atoms with E-state index < -0.39 is 0 Å². The molecule has 0 saturated heterocycles. The van der Waals surface area contributed by atoms with Crippen molar-refractivity contribution in [2.45, 2.75) is 0 Å². The molecular weight excluding hydrogens is 426 g/mol. The molecule has 2 aromatic carbocycles. The van der Waals surface area contributed by atoms with Crippen LogP contribution >= 0.6 is 22.7 Å². The third kappa shape index (κ3) is 2.99. The van der Waals surface area contributed by atoms with Gasteiger partial charge in [-0.25, -0.2) is 4.98 Å². The van der Waals surface area contributed by atoms with Crippen LogP contribution in [-0.2, 0) is 0 Å². The molecule has 31 heavy (non-hydrogen) atoms. The molecule has 0 aliphatic carbocycles. The van der Waals surface area contributed by atoms with E-state index in [0.717, 1.165) is 48.3 Å². The van der Waals surface area contributed by atoms with Gasteiger partial charge in [-0.05, 0) is 35.7 Å². The summed E-state index contributed by atoms with van der Waals surface area (Å²) in [5.41, 5.74) is 3.78. The highest BCUT2D eigenvalue weighted by atomic mass is 32.1. The summed E-state index contributed by atoms with van der Waals surface area (Å²) in [5, 5.41) is 17.6. The molecule has 0 aliphatic rings. The molecular formula is C23H15N5OS2. The monoisotopic (exact) mass is 441 g/mol. The second-order valence-electron chi connectivity index (χ2n) is 6.87. The van der Waals surface area contributed by atoms with E-state index in [1.165, 1.54) is 11.3 Å². The molecule has 0 atom stereocenters. The number of fused-ring (bicyclic) bond motifs is 2. The molecule has 4 aromatic heterocycles. The number of pyridine rings is 1. The number of hydrogen-bond acceptors (Lipinski definition) is 7. The van der Waals surface area contributed by atoms with Crippen molar-refractivity contribution in [3.63, 3.8) is 0 Å². The maximum absolute atomic E-state index is 5.51. The normalized spacial score (nSPS) is 11.4. The van der Waals surface area contributed by atoms with E-state index in [0.29, 0.717) is 5.82 Å². The van der Waals surface area contributed by atoms with Crippen LogP contribution in [0.1, 0.15) is 0 Å². The summed E-state index contributed by atoms with van der Waals surface area (Å²) in [6.07, 6.45) is 0. The Morgan fingerprint density at radius 2 is 1.77 bits per heavy atom. The number of hydrogen-bond donors (Lipinski definition) is 0. The minimum Gasteiger partial charge on any atom is -0.496 e. The number of ether oxygens (including phenoxy) is 1. The van der Waals surface area contributed by atoms with Gasteiger partial charge in [0.1, 0.15) is 10.8 Å². The van der Waals surface area contributed by atoms with E-state index in [-0.39, 0.29) is 0 Å². The molecule has 0 N–H and O–H groups in total. The third-order valence-corrected chi connectivity index (χ3v) is 6.88. The fourth-order valence-electron chi connectivity index (χ4n) is 3.63. The molecule has 6 nitrogen and oxygen atoms in total. The van der Waals surface area contributed by atoms with E-state index in [1.54, 1.807) is 23.0 Å². The number of rotatable bonds is 4. The first-order valence-electron chi connectivity index (χ1n) is 9.61. The molecule has 150 valence electrons. The Morgan fingerprint density at radius 1 is 0.903 bits per heavy atom. The first-order valence-corrected chi connectivity index (χ1v) is 11.3. The lowest BCUT2D eigenvalue weighted by Gasteiger charge is -2.07. The molecule has 0 spiro atoms. The highest BCUT2D eigenvalue weighted by Crippen LogP contribution is 2.37. The molecule has 0 radical (unpaired) electrons. The van der Waals surface area contributed by atoms with Crippen molar-refractivity contribution >= 4 is 38.5 Å². The molecule has 6 aromatic rings. The Morgan fingerprint density at radius 3 is 2.65 bits per heavy atom. The van der Waals surface area contributed by atoms with Gasteiger partial charge in [-0.2, -0.15) is 9.61 Å². The number of aromatic nitrogens is 5. The van der Waals surface area contributed by atoms with Gasteiger partial charge in [0.15, 0.2) is 5.82 Å². The van der Waals surface area contributed by atoms with Crippen molar-refractivity contribution < 1.29 is 4.74 Å². The van der Waals surface area contributed by atoms with Crippen molar-refractivity contribution in [2.24, 2.45) is 0 Å². The minimum atomic E-state index is 0.659. The molecule has 6 rings (SSSR count). The SMILES string of the molecule is COc1ccccc1-c1nnc2sc(-c3cc(-c4cccs4)nc4ccccc34)nn12. The fraction of sp³-hybridized carbons (Fsp3) is 0.0435. The van der Waals surface area contributed by atoms with Crippen LogP contribution in [-0.4, -0.2) is 31.9 Å². The Labute approximate surface area is 185 Å². The van der Waals surface area contributed by atoms with Crippen LogP contribution in [0.3, 0.4) is 0 Å². The van der Waals surface area contributed by atoms with Crippen molar-refractivity contribution in [1.82, 2.24) is 24.8 Å². The van der Waals surface area contributed by atoms with Gasteiger partial charge in [0, 0.05) is 10.9 Å². The fourth-order valence-corrected chi connectivity index (χ4v) is 5.18. The lowest BCUT2D eigenvalue weighted by Crippen LogP contribution is -1.95. The summed E-state index contributed by atoms with van der Waals surface area (Å²) in [5.74, 6) is 1.40. The number of thiophene rings is 1. The van der Waals surface area contributed by atoms with Gasteiger partial charge in [0.25, 0.3) is 0 Å². The lowest BCUT2D eigenvalue weighted by molar-refractivity contribution is 0.416. The van der Waals surface area contributed by atoms with E-state index >= 15 is 0 Å². The minimum absolute atomic E-state index is 0.659. The van der Waals surface area contributed by atoms with E-state index in [2.05, 4.69) is 33.8 Å². The predicted octanol–water partition coefficient (Wildman–Crippen LogP) is 5.81. The largest absolute Gasteiger partial charge is 0.496 e. The van der Waals surface area contributed by atoms with Crippen LogP contribution in [0, 0.1) is 0 Å². The van der Waals surface area contributed by atoms with Crippen LogP contribution in [0.5, 0.6) is 5.75 Å². The highest BCUT2D eigenvalue weighted by molar-refractivity contribution is 7.20. The number of methoxy groups -OCH3 is 1. The van der Waals surface area contributed by atoms with Crippen molar-refractivity contribution in [3.8, 4) is 38.3 Å². The van der Waals surface area contributed by atoms with Crippen LogP contribution in [0.4, 0.5) is 0 Å². The van der Waals surface area contributed by atoms with Gasteiger partial charge >= 0.3 is 0 Å². The summed E-state index contributed by atoms with van der Waals surface area (Å²) in [4.78, 5) is 6.73. The first kappa shape index (κ1) is 18.2. The average Bonchev–Trinajstić information content (AvgIpc) is 3.56. The average molecular weight is 442 g/mol. The Balaban J connectivity index is 1.57. The molecule has 4 heterocycles. The van der Waals surface area contributed by atoms with Crippen molar-refractivity contribution in [2.75, 3.05) is 7.11 Å². The molecule has 0 unspecified atom stereocenters. The van der Waals surface area contributed by atoms with E-state index in [9.17, 15) is 0 Å². The van der Waals surface area contributed by atoms with Crippen molar-refractivity contribution in [1.29, 1.82) is 0 Å². The highest BCUT2D eigenvalue weighted by Gasteiger charge is 2.19. The number of benzene rings is 2. The standard InChI is InChI=1S/C23H15N5OS2/c1-29-19-10-5-3-8-15(19)21-25-26-23-28(21)27-22(31-23)16-13-18(20-11-6-12-30-20)24-17-9-4-2-7-14(16)17/h2-13H,1H3. The molecule has 8 heteroatoms. The van der Waals surface area contributed by atoms with Gasteiger partial charge in [-0.1, -0.05) is 47.7 Å². The van der Waals surface area contributed by atoms with Gasteiger partial charge < -0.3 is 4.74 Å². The summed E-state index contributed by atoms with van der Waals surface area (Å²) in [6.45, 7) is 0. The summed E-state index contributed by atoms with van der Waals surface area (Å²) in [6, 6.07) is 22.2. The van der Waals surface area contributed by atoms with Gasteiger partial charge in [-0.3, -0.25) is 0 Å². The second-order valence-corrected chi connectivity index (χ2v) is 8.78. The Kier molecular flexibility index (Phi) is 4.26. The van der Waals surface area contributed by atoms with E-state index in [4.69, 9.17) is 14.8 Å². The smallest absolute Gasteiger partial charge is 0.235 e. The van der Waals surface area contributed by atoms with Crippen molar-refractivity contribution in [3.05, 3.63) is 72.1 Å². The van der Waals surface area contributed by atoms with E-state index in [1.807, 2.05) is 48.5 Å². The maximum Gasteiger partial charge on any atom is 0.235 e. The number of nitrogens with zero attached hydrogens (tertiary/aromatic N) is 5.